The molecule has 4 heteroatoms. The summed E-state index contributed by atoms with van der Waals surface area (Å²) >= 11 is 6.17. The highest BCUT2D eigenvalue weighted by molar-refractivity contribution is 6.30. The van der Waals surface area contributed by atoms with Crippen molar-refractivity contribution in [1.82, 2.24) is 14.9 Å². The molecule has 0 saturated heterocycles. The number of halogens is 1. The third kappa shape index (κ3) is 2.68. The number of benzene rings is 1. The quantitative estimate of drug-likeness (QED) is 0.877. The molecule has 0 radical (unpaired) electrons. The fraction of sp³-hybridized carbons (Fsp3) is 0.500. The minimum atomic E-state index is 0.281. The van der Waals surface area contributed by atoms with Gasteiger partial charge in [-0.2, -0.15) is 0 Å². The van der Waals surface area contributed by atoms with E-state index in [0.29, 0.717) is 6.04 Å². The van der Waals surface area contributed by atoms with Gasteiger partial charge in [-0.05, 0) is 49.3 Å². The molecule has 0 amide bonds. The van der Waals surface area contributed by atoms with Crippen LogP contribution in [0.5, 0.6) is 0 Å². The van der Waals surface area contributed by atoms with E-state index in [4.69, 9.17) is 11.6 Å². The molecule has 22 heavy (non-hydrogen) atoms. The second-order valence-electron chi connectivity index (χ2n) is 6.88. The Morgan fingerprint density at radius 3 is 2.82 bits per heavy atom. The second kappa shape index (κ2) is 5.39. The number of hydrogen-bond acceptors (Lipinski definition) is 2. The van der Waals surface area contributed by atoms with E-state index in [9.17, 15) is 0 Å². The summed E-state index contributed by atoms with van der Waals surface area (Å²) in [6.45, 7) is 1.02. The molecular weight excluding hydrogens is 294 g/mol. The van der Waals surface area contributed by atoms with Crippen LogP contribution < -0.4 is 5.32 Å². The minimum Gasteiger partial charge on any atom is -0.337 e. The molecule has 4 rings (SSSR count). The molecule has 2 aliphatic rings. The monoisotopic (exact) mass is 315 g/mol. The van der Waals surface area contributed by atoms with Crippen molar-refractivity contribution < 1.29 is 0 Å². The highest BCUT2D eigenvalue weighted by atomic mass is 35.5. The van der Waals surface area contributed by atoms with E-state index in [-0.39, 0.29) is 5.41 Å². The molecular formula is C18H22ClN3. The average Bonchev–Trinajstić information content (AvgIpc) is 3.41. The van der Waals surface area contributed by atoms with Crippen LogP contribution >= 0.6 is 11.6 Å². The Bertz CT molecular complexity index is 670. The number of rotatable bonds is 6. The summed E-state index contributed by atoms with van der Waals surface area (Å²) in [6, 6.07) is 8.75. The number of aromatic nitrogens is 2. The van der Waals surface area contributed by atoms with Crippen LogP contribution in [0.4, 0.5) is 0 Å². The summed E-state index contributed by atoms with van der Waals surface area (Å²) in [7, 11) is 2.09. The Morgan fingerprint density at radius 1 is 1.41 bits per heavy atom. The first-order valence-corrected chi connectivity index (χ1v) is 8.52. The van der Waals surface area contributed by atoms with Gasteiger partial charge in [-0.1, -0.05) is 23.7 Å². The van der Waals surface area contributed by atoms with Gasteiger partial charge in [0.25, 0.3) is 0 Å². The number of nitrogens with zero attached hydrogens (tertiary/aromatic N) is 2. The molecule has 0 aliphatic heterocycles. The van der Waals surface area contributed by atoms with Gasteiger partial charge >= 0.3 is 0 Å². The predicted molar refractivity (Wildman–Crippen MR) is 89.0 cm³/mol. The van der Waals surface area contributed by atoms with Crippen molar-refractivity contribution in [3.8, 4) is 0 Å². The molecule has 2 fully saturated rings. The predicted octanol–water partition coefficient (Wildman–Crippen LogP) is 3.85. The smallest absolute Gasteiger partial charge is 0.125 e. The lowest BCUT2D eigenvalue weighted by Crippen LogP contribution is -2.33. The molecule has 2 aromatic rings. The standard InChI is InChI=1S/C18H22ClN3/c1-22-10-9-20-17(22)16(13-5-6-13)21-12-18(7-8-18)14-3-2-4-15(19)11-14/h2-4,9-11,13,16,21H,5-8,12H2,1H3. The zero-order valence-corrected chi connectivity index (χ0v) is 13.7. The van der Waals surface area contributed by atoms with Gasteiger partial charge in [0.05, 0.1) is 6.04 Å². The van der Waals surface area contributed by atoms with Crippen molar-refractivity contribution in [2.24, 2.45) is 13.0 Å². The van der Waals surface area contributed by atoms with E-state index in [1.54, 1.807) is 0 Å². The van der Waals surface area contributed by atoms with E-state index >= 15 is 0 Å². The highest BCUT2D eigenvalue weighted by Crippen LogP contribution is 2.49. The van der Waals surface area contributed by atoms with Crippen LogP contribution in [0.2, 0.25) is 5.02 Å². The van der Waals surface area contributed by atoms with Crippen molar-refractivity contribution in [2.45, 2.75) is 37.1 Å². The first kappa shape index (κ1) is 14.3. The van der Waals surface area contributed by atoms with Gasteiger partial charge in [0.2, 0.25) is 0 Å². The van der Waals surface area contributed by atoms with Crippen molar-refractivity contribution in [1.29, 1.82) is 0 Å². The maximum atomic E-state index is 6.17. The van der Waals surface area contributed by atoms with Crippen LogP contribution in [0.3, 0.4) is 0 Å². The molecule has 0 spiro atoms. The molecule has 1 atom stereocenters. The first-order valence-electron chi connectivity index (χ1n) is 8.15. The summed E-state index contributed by atoms with van der Waals surface area (Å²) in [4.78, 5) is 4.56. The Morgan fingerprint density at radius 2 is 2.23 bits per heavy atom. The number of nitrogens with one attached hydrogen (secondary N) is 1. The SMILES string of the molecule is Cn1ccnc1C(NCC1(c2cccc(Cl)c2)CC1)C1CC1. The Hall–Kier alpha value is -1.32. The third-order valence-electron chi connectivity index (χ3n) is 5.18. The number of imidazole rings is 1. The van der Waals surface area contributed by atoms with E-state index in [2.05, 4.69) is 40.1 Å². The molecule has 1 aromatic carbocycles. The maximum absolute atomic E-state index is 6.17. The lowest BCUT2D eigenvalue weighted by molar-refractivity contribution is 0.421. The van der Waals surface area contributed by atoms with E-state index in [0.717, 1.165) is 17.5 Å². The fourth-order valence-electron chi connectivity index (χ4n) is 3.42. The third-order valence-corrected chi connectivity index (χ3v) is 5.42. The van der Waals surface area contributed by atoms with Gasteiger partial charge < -0.3 is 9.88 Å². The Kier molecular flexibility index (Phi) is 3.50. The fourth-order valence-corrected chi connectivity index (χ4v) is 3.61. The normalized spacial score (nSPS) is 20.8. The molecule has 2 aliphatic carbocycles. The average molecular weight is 316 g/mol. The highest BCUT2D eigenvalue weighted by Gasteiger charge is 2.45. The van der Waals surface area contributed by atoms with Crippen LogP contribution in [-0.4, -0.2) is 16.1 Å². The Labute approximate surface area is 136 Å². The minimum absolute atomic E-state index is 0.281. The first-order chi connectivity index (χ1) is 10.7. The molecule has 1 aromatic heterocycles. The summed E-state index contributed by atoms with van der Waals surface area (Å²) < 4.78 is 2.15. The zero-order chi connectivity index (χ0) is 15.2. The zero-order valence-electron chi connectivity index (χ0n) is 12.9. The van der Waals surface area contributed by atoms with Gasteiger partial charge in [-0.15, -0.1) is 0 Å². The molecule has 116 valence electrons. The molecule has 0 bridgehead atoms. The molecule has 1 unspecified atom stereocenters. The molecule has 3 nitrogen and oxygen atoms in total. The van der Waals surface area contributed by atoms with Crippen LogP contribution in [0.15, 0.2) is 36.7 Å². The molecule has 1 N–H and O–H groups in total. The topological polar surface area (TPSA) is 29.9 Å². The van der Waals surface area contributed by atoms with Crippen molar-refractivity contribution in [2.75, 3.05) is 6.54 Å². The van der Waals surface area contributed by atoms with Gasteiger partial charge in [0.15, 0.2) is 0 Å². The lowest BCUT2D eigenvalue weighted by Gasteiger charge is -2.23. The van der Waals surface area contributed by atoms with Crippen LogP contribution in [0.25, 0.3) is 0 Å². The van der Waals surface area contributed by atoms with Crippen LogP contribution in [0.1, 0.15) is 43.1 Å². The summed E-state index contributed by atoms with van der Waals surface area (Å²) in [6.07, 6.45) is 9.06. The maximum Gasteiger partial charge on any atom is 0.125 e. The molecule has 1 heterocycles. The Balaban J connectivity index is 1.50. The van der Waals surface area contributed by atoms with Gasteiger partial charge in [0, 0.05) is 36.4 Å². The van der Waals surface area contributed by atoms with Crippen molar-refractivity contribution in [3.05, 3.63) is 53.1 Å². The summed E-state index contributed by atoms with van der Waals surface area (Å²) in [5, 5.41) is 4.66. The summed E-state index contributed by atoms with van der Waals surface area (Å²) in [5.74, 6) is 1.92. The second-order valence-corrected chi connectivity index (χ2v) is 7.32. The van der Waals surface area contributed by atoms with Crippen molar-refractivity contribution in [3.63, 3.8) is 0 Å². The van der Waals surface area contributed by atoms with Gasteiger partial charge in [-0.3, -0.25) is 0 Å². The number of aryl methyl sites for hydroxylation is 1. The largest absolute Gasteiger partial charge is 0.337 e. The number of hydrogen-bond donors (Lipinski definition) is 1. The van der Waals surface area contributed by atoms with E-state index in [1.807, 2.05) is 18.5 Å². The van der Waals surface area contributed by atoms with Gasteiger partial charge in [0.1, 0.15) is 5.82 Å². The summed E-state index contributed by atoms with van der Waals surface area (Å²) in [5.41, 5.74) is 1.66. The van der Waals surface area contributed by atoms with Crippen LogP contribution in [0, 0.1) is 5.92 Å². The van der Waals surface area contributed by atoms with E-state index in [1.165, 1.54) is 37.1 Å². The van der Waals surface area contributed by atoms with Gasteiger partial charge in [-0.25, -0.2) is 4.98 Å². The lowest BCUT2D eigenvalue weighted by atomic mass is 9.95. The van der Waals surface area contributed by atoms with Crippen molar-refractivity contribution >= 4 is 11.6 Å². The van der Waals surface area contributed by atoms with E-state index < -0.39 is 0 Å². The molecule has 2 saturated carbocycles. The van der Waals surface area contributed by atoms with Crippen LogP contribution in [-0.2, 0) is 12.5 Å².